The number of thiophene rings is 2. The third kappa shape index (κ3) is 4.52. The van der Waals surface area contributed by atoms with Crippen LogP contribution in [0.5, 0.6) is 0 Å². The summed E-state index contributed by atoms with van der Waals surface area (Å²) in [5, 5.41) is 0. The van der Waals surface area contributed by atoms with Crippen LogP contribution in [0.4, 0.5) is 0 Å². The van der Waals surface area contributed by atoms with Crippen molar-refractivity contribution < 1.29 is 21.1 Å². The molecule has 0 saturated heterocycles. The van der Waals surface area contributed by atoms with E-state index in [1.54, 1.807) is 0 Å². The Morgan fingerprint density at radius 3 is 1.25 bits per heavy atom. The monoisotopic (exact) mass is 883 g/mol. The number of fused-ring (bicyclic) bond motifs is 6. The molecule has 0 aliphatic carbocycles. The Kier molecular flexibility index (Phi) is 7.93. The van der Waals surface area contributed by atoms with E-state index in [4.69, 9.17) is 35.2 Å². The van der Waals surface area contributed by atoms with Crippen molar-refractivity contribution >= 4 is 70.0 Å². The molecular weight excluding hydrogens is 848 g/mol. The maximum absolute atomic E-state index is 6.46. The molecule has 0 radical (unpaired) electrons. The molecule has 246 valence electrons. The van der Waals surface area contributed by atoms with E-state index in [2.05, 4.69) is 137 Å². The number of aromatic nitrogens is 4. The minimum absolute atomic E-state index is 0. The fourth-order valence-corrected chi connectivity index (χ4v) is 12.2. The molecule has 5 heterocycles. The number of hydrogen-bond acceptors (Lipinski definition) is 6. The molecule has 8 rings (SSSR count). The Labute approximate surface area is 315 Å². The number of rotatable bonds is 2. The zero-order valence-corrected chi connectivity index (χ0v) is 33.7. The molecule has 0 atom stereocenters. The van der Waals surface area contributed by atoms with Gasteiger partial charge in [0.05, 0.1) is 11.0 Å². The van der Waals surface area contributed by atoms with Crippen molar-refractivity contribution in [2.45, 2.75) is 81.4 Å². The molecule has 3 aromatic carbocycles. The van der Waals surface area contributed by atoms with E-state index in [1.165, 1.54) is 19.5 Å². The van der Waals surface area contributed by atoms with Crippen molar-refractivity contribution in [1.29, 1.82) is 0 Å². The summed E-state index contributed by atoms with van der Waals surface area (Å²) in [6.07, 6.45) is 0. The van der Waals surface area contributed by atoms with E-state index < -0.39 is 10.8 Å². The van der Waals surface area contributed by atoms with E-state index in [0.29, 0.717) is 0 Å². The topological polar surface area (TPSA) is 35.6 Å². The van der Waals surface area contributed by atoms with Gasteiger partial charge in [0.25, 0.3) is 0 Å². The van der Waals surface area contributed by atoms with Gasteiger partial charge in [0.2, 0.25) is 0 Å². The van der Waals surface area contributed by atoms with Crippen molar-refractivity contribution in [3.8, 4) is 11.4 Å². The average Bonchev–Trinajstić information content (AvgIpc) is 3.78. The minimum Gasteiger partial charge on any atom is -0.778 e. The summed E-state index contributed by atoms with van der Waals surface area (Å²) in [5.74, 6) is 1.90. The molecule has 7 aromatic rings. The van der Waals surface area contributed by atoms with Crippen molar-refractivity contribution in [3.05, 3.63) is 115 Å². The second-order valence-corrected chi connectivity index (χ2v) is 17.5. The van der Waals surface area contributed by atoms with Crippen LogP contribution in [-0.2, 0) is 62.6 Å². The van der Waals surface area contributed by atoms with E-state index in [0.717, 1.165) is 66.0 Å². The van der Waals surface area contributed by atoms with E-state index in [1.807, 2.05) is 22.7 Å². The zero-order valence-electron chi connectivity index (χ0n) is 28.2. The van der Waals surface area contributed by atoms with Crippen LogP contribution in [-0.4, -0.2) is 19.1 Å². The molecule has 9 heteroatoms. The standard InChI is InChI=1S/C39H38N4S4.Pt/c1-21-27-31(44)33(46-21)39(7,8)34-32(45)28(22(2)47-34)38(5,6)36-41-30-26(43(36)24-17-13-10-14-18-24)20-19-25-29(30)40-35(37(27,3)4)42(25)23-15-11-9-12-16-23;/h9-20,44-45H,1-8H3;/q;+2/p-2. The summed E-state index contributed by atoms with van der Waals surface area (Å²) in [6, 6.07) is 25.5. The Morgan fingerprint density at radius 2 is 0.896 bits per heavy atom. The molecule has 4 aromatic heterocycles. The van der Waals surface area contributed by atoms with Crippen LogP contribution in [0.3, 0.4) is 0 Å². The average molecular weight is 884 g/mol. The zero-order chi connectivity index (χ0) is 33.2. The van der Waals surface area contributed by atoms with Crippen molar-refractivity contribution in [2.24, 2.45) is 0 Å². The molecule has 0 spiro atoms. The maximum Gasteiger partial charge on any atom is 2.00 e. The summed E-state index contributed by atoms with van der Waals surface area (Å²) in [4.78, 5) is 17.8. The van der Waals surface area contributed by atoms with Crippen LogP contribution in [0.1, 0.15) is 83.8 Å². The fraction of sp³-hybridized carbons (Fsp3) is 0.282. The molecule has 8 bridgehead atoms. The van der Waals surface area contributed by atoms with Gasteiger partial charge in [-0.15, -0.1) is 22.7 Å². The van der Waals surface area contributed by atoms with Crippen LogP contribution in [0.25, 0.3) is 33.4 Å². The van der Waals surface area contributed by atoms with E-state index in [9.17, 15) is 0 Å². The number of aryl methyl sites for hydroxylation is 2. The van der Waals surface area contributed by atoms with Crippen LogP contribution >= 0.6 is 22.7 Å². The first-order chi connectivity index (χ1) is 22.3. The minimum atomic E-state index is -0.509. The Bertz CT molecular complexity index is 2210. The van der Waals surface area contributed by atoms with Crippen molar-refractivity contribution in [3.63, 3.8) is 0 Å². The molecule has 0 amide bonds. The SMILES string of the molecule is Cc1sc2c([S-])c1C(C)(C)c1nc3c4nc(n(-c5ccccc5)c4ccc3n1-c1ccccc1)C(C)(C)c1c(C)sc(c1[S-])C2(C)C.[Pt+2]. The number of nitrogens with zero attached hydrogens (tertiary/aromatic N) is 4. The van der Waals surface area contributed by atoms with Crippen LogP contribution in [0, 0.1) is 13.8 Å². The first-order valence-electron chi connectivity index (χ1n) is 15.9. The molecule has 4 nitrogen and oxygen atoms in total. The van der Waals surface area contributed by atoms with Gasteiger partial charge in [0.15, 0.2) is 0 Å². The van der Waals surface area contributed by atoms with Crippen molar-refractivity contribution in [2.75, 3.05) is 0 Å². The third-order valence-corrected chi connectivity index (χ3v) is 14.0. The molecule has 0 fully saturated rings. The smallest absolute Gasteiger partial charge is 0.778 e. The number of imidazole rings is 2. The fourth-order valence-electron chi connectivity index (χ4n) is 7.84. The van der Waals surface area contributed by atoms with Crippen LogP contribution in [0.2, 0.25) is 0 Å². The van der Waals surface area contributed by atoms with Crippen molar-refractivity contribution in [1.82, 2.24) is 19.1 Å². The maximum atomic E-state index is 6.46. The molecule has 1 aliphatic rings. The first-order valence-corrected chi connectivity index (χ1v) is 18.4. The van der Waals surface area contributed by atoms with Gasteiger partial charge in [0.1, 0.15) is 22.7 Å². The van der Waals surface area contributed by atoms with Gasteiger partial charge in [-0.05, 0) is 98.8 Å². The van der Waals surface area contributed by atoms with E-state index in [-0.39, 0.29) is 26.5 Å². The van der Waals surface area contributed by atoms with Gasteiger partial charge in [-0.2, -0.15) is 9.79 Å². The predicted octanol–water partition coefficient (Wildman–Crippen LogP) is 10.2. The van der Waals surface area contributed by atoms with Gasteiger partial charge in [-0.1, -0.05) is 50.2 Å². The van der Waals surface area contributed by atoms with Gasteiger partial charge in [0, 0.05) is 37.4 Å². The summed E-state index contributed by atoms with van der Waals surface area (Å²) >= 11 is 16.5. The van der Waals surface area contributed by atoms with Crippen LogP contribution < -0.4 is 0 Å². The van der Waals surface area contributed by atoms with E-state index >= 15 is 0 Å². The Balaban J connectivity index is 0.00000364. The number of hydrogen-bond donors (Lipinski definition) is 0. The summed E-state index contributed by atoms with van der Waals surface area (Å²) in [7, 11) is 0. The summed E-state index contributed by atoms with van der Waals surface area (Å²) in [6.45, 7) is 18.1. The predicted molar refractivity (Wildman–Crippen MR) is 201 cm³/mol. The molecule has 0 N–H and O–H groups in total. The second kappa shape index (κ2) is 11.3. The van der Waals surface area contributed by atoms with Gasteiger partial charge >= 0.3 is 21.1 Å². The number of benzene rings is 3. The van der Waals surface area contributed by atoms with Gasteiger partial charge in [-0.25, -0.2) is 9.97 Å². The van der Waals surface area contributed by atoms with Crippen LogP contribution in [0.15, 0.2) is 82.6 Å². The quantitative estimate of drug-likeness (QED) is 0.162. The summed E-state index contributed by atoms with van der Waals surface area (Å²) in [5.41, 5.74) is 6.89. The molecular formula is C39H36N4PtS4. The molecule has 0 saturated carbocycles. The van der Waals surface area contributed by atoms with Gasteiger partial charge < -0.3 is 25.3 Å². The third-order valence-electron chi connectivity index (χ3n) is 10.1. The summed E-state index contributed by atoms with van der Waals surface area (Å²) < 4.78 is 4.64. The largest absolute Gasteiger partial charge is 2.00 e. The second-order valence-electron chi connectivity index (χ2n) is 14.3. The molecule has 48 heavy (non-hydrogen) atoms. The van der Waals surface area contributed by atoms with Gasteiger partial charge in [-0.3, -0.25) is 9.13 Å². The first kappa shape index (κ1) is 33.6. The Morgan fingerprint density at radius 1 is 0.542 bits per heavy atom. The molecule has 1 aliphatic heterocycles. The Hall–Kier alpha value is -2.87. The normalized spacial score (nSPS) is 16.0. The number of para-hydroxylation sites is 2. The molecule has 0 unspecified atom stereocenters.